The van der Waals surface area contributed by atoms with Gasteiger partial charge in [0.15, 0.2) is 0 Å². The largest absolute Gasteiger partial charge is 0.495 e. The first-order valence-corrected chi connectivity index (χ1v) is 7.28. The quantitative estimate of drug-likeness (QED) is 0.898. The molecule has 1 fully saturated rings. The predicted molar refractivity (Wildman–Crippen MR) is 80.2 cm³/mol. The van der Waals surface area contributed by atoms with E-state index in [4.69, 9.17) is 22.1 Å². The summed E-state index contributed by atoms with van der Waals surface area (Å²) < 4.78 is 5.09. The van der Waals surface area contributed by atoms with Gasteiger partial charge in [-0.05, 0) is 30.5 Å². The summed E-state index contributed by atoms with van der Waals surface area (Å²) in [6.45, 7) is 1.05. The summed E-state index contributed by atoms with van der Waals surface area (Å²) in [6, 6.07) is 5.50. The second kappa shape index (κ2) is 6.80. The fourth-order valence-corrected chi connectivity index (χ4v) is 2.77. The number of halogens is 1. The molecule has 6 heteroatoms. The Labute approximate surface area is 129 Å². The van der Waals surface area contributed by atoms with Crippen molar-refractivity contribution in [3.05, 3.63) is 28.8 Å². The van der Waals surface area contributed by atoms with Crippen molar-refractivity contribution < 1.29 is 14.3 Å². The van der Waals surface area contributed by atoms with Crippen LogP contribution < -0.4 is 10.5 Å². The van der Waals surface area contributed by atoms with E-state index in [9.17, 15) is 9.59 Å². The molecule has 114 valence electrons. The van der Waals surface area contributed by atoms with E-state index < -0.39 is 0 Å². The first-order valence-electron chi connectivity index (χ1n) is 6.90. The van der Waals surface area contributed by atoms with Crippen LogP contribution in [0.15, 0.2) is 18.2 Å². The lowest BCUT2D eigenvalue weighted by molar-refractivity contribution is -0.130. The number of ether oxygens (including phenoxy) is 1. The first-order chi connectivity index (χ1) is 10.0. The van der Waals surface area contributed by atoms with Crippen molar-refractivity contribution >= 4 is 23.4 Å². The van der Waals surface area contributed by atoms with Crippen molar-refractivity contribution in [3.63, 3.8) is 0 Å². The zero-order chi connectivity index (χ0) is 15.4. The number of nitrogens with zero attached hydrogens (tertiary/aromatic N) is 1. The highest BCUT2D eigenvalue weighted by Crippen LogP contribution is 2.25. The van der Waals surface area contributed by atoms with Crippen LogP contribution in [0.5, 0.6) is 5.75 Å². The molecule has 1 aliphatic heterocycles. The maximum Gasteiger partial charge on any atom is 0.222 e. The number of nitrogens with two attached hydrogens (primary N) is 1. The molecule has 0 aliphatic carbocycles. The van der Waals surface area contributed by atoms with Crippen molar-refractivity contribution in [3.8, 4) is 5.75 Å². The van der Waals surface area contributed by atoms with E-state index in [1.807, 2.05) is 12.1 Å². The minimum absolute atomic E-state index is 0.0469. The van der Waals surface area contributed by atoms with Gasteiger partial charge in [0, 0.05) is 19.5 Å². The monoisotopic (exact) mass is 310 g/mol. The zero-order valence-electron chi connectivity index (χ0n) is 12.0. The minimum atomic E-state index is -0.327. The summed E-state index contributed by atoms with van der Waals surface area (Å²) in [6.07, 6.45) is 1.67. The van der Waals surface area contributed by atoms with Crippen LogP contribution in [0.3, 0.4) is 0 Å². The van der Waals surface area contributed by atoms with Crippen molar-refractivity contribution in [1.29, 1.82) is 0 Å². The number of rotatable bonds is 5. The topological polar surface area (TPSA) is 72.6 Å². The summed E-state index contributed by atoms with van der Waals surface area (Å²) in [5.74, 6) is 0.137. The average Bonchev–Trinajstić information content (AvgIpc) is 2.95. The van der Waals surface area contributed by atoms with Gasteiger partial charge in [-0.3, -0.25) is 9.59 Å². The average molecular weight is 311 g/mol. The molecule has 21 heavy (non-hydrogen) atoms. The van der Waals surface area contributed by atoms with Crippen molar-refractivity contribution in [2.24, 2.45) is 11.7 Å². The number of hydrogen-bond acceptors (Lipinski definition) is 3. The van der Waals surface area contributed by atoms with Crippen molar-refractivity contribution in [1.82, 2.24) is 4.90 Å². The number of likely N-dealkylation sites (tertiary alicyclic amines) is 1. The Hall–Kier alpha value is -1.75. The molecule has 0 aromatic heterocycles. The Morgan fingerprint density at radius 3 is 2.81 bits per heavy atom. The second-order valence-corrected chi connectivity index (χ2v) is 5.60. The third kappa shape index (κ3) is 3.88. The maximum absolute atomic E-state index is 12.1. The Morgan fingerprint density at radius 1 is 1.48 bits per heavy atom. The van der Waals surface area contributed by atoms with Crippen LogP contribution in [-0.4, -0.2) is 36.9 Å². The number of primary amides is 1. The highest BCUT2D eigenvalue weighted by molar-refractivity contribution is 6.32. The Bertz CT molecular complexity index is 548. The first kappa shape index (κ1) is 15.6. The van der Waals surface area contributed by atoms with Gasteiger partial charge in [0.1, 0.15) is 5.75 Å². The summed E-state index contributed by atoms with van der Waals surface area (Å²) >= 11 is 6.05. The number of methoxy groups -OCH3 is 1. The van der Waals surface area contributed by atoms with E-state index in [1.165, 1.54) is 0 Å². The summed E-state index contributed by atoms with van der Waals surface area (Å²) in [4.78, 5) is 24.9. The van der Waals surface area contributed by atoms with E-state index >= 15 is 0 Å². The standard InChI is InChI=1S/C15H19ClN2O3/c1-21-13-4-2-10(8-12(13)16)3-5-14(19)18-7-6-11(9-18)15(17)20/h2,4,8,11H,3,5-7,9H2,1H3,(H2,17,20)/t11-/m1/s1. The molecule has 1 heterocycles. The number of carbonyl (C=O) groups is 2. The normalized spacial score (nSPS) is 17.8. The van der Waals surface area contributed by atoms with E-state index in [-0.39, 0.29) is 17.7 Å². The van der Waals surface area contributed by atoms with Gasteiger partial charge < -0.3 is 15.4 Å². The van der Waals surface area contributed by atoms with Crippen LogP contribution in [0.25, 0.3) is 0 Å². The second-order valence-electron chi connectivity index (χ2n) is 5.20. The van der Waals surface area contributed by atoms with Gasteiger partial charge in [0.25, 0.3) is 0 Å². The summed E-state index contributed by atoms with van der Waals surface area (Å²) in [5.41, 5.74) is 6.25. The number of benzene rings is 1. The third-order valence-electron chi connectivity index (χ3n) is 3.79. The molecular weight excluding hydrogens is 292 g/mol. The van der Waals surface area contributed by atoms with E-state index in [0.29, 0.717) is 43.1 Å². The molecule has 2 amide bonds. The molecule has 1 saturated heterocycles. The number of aryl methyl sites for hydroxylation is 1. The lowest BCUT2D eigenvalue weighted by Gasteiger charge is -2.16. The minimum Gasteiger partial charge on any atom is -0.495 e. The van der Waals surface area contributed by atoms with Gasteiger partial charge in [0.05, 0.1) is 18.1 Å². The van der Waals surface area contributed by atoms with Crippen LogP contribution in [0, 0.1) is 5.92 Å². The van der Waals surface area contributed by atoms with Gasteiger partial charge in [-0.25, -0.2) is 0 Å². The SMILES string of the molecule is COc1ccc(CCC(=O)N2CC[C@@H](C(N)=O)C2)cc1Cl. The fraction of sp³-hybridized carbons (Fsp3) is 0.467. The molecule has 0 bridgehead atoms. The predicted octanol–water partition coefficient (Wildman–Crippen LogP) is 1.61. The van der Waals surface area contributed by atoms with E-state index in [2.05, 4.69) is 0 Å². The molecule has 2 rings (SSSR count). The van der Waals surface area contributed by atoms with Gasteiger partial charge in [-0.15, -0.1) is 0 Å². The summed E-state index contributed by atoms with van der Waals surface area (Å²) in [7, 11) is 1.56. The summed E-state index contributed by atoms with van der Waals surface area (Å²) in [5, 5.41) is 0.539. The van der Waals surface area contributed by atoms with Crippen LogP contribution in [0.2, 0.25) is 5.02 Å². The molecule has 1 aliphatic rings. The molecule has 2 N–H and O–H groups in total. The molecule has 5 nitrogen and oxygen atoms in total. The maximum atomic E-state index is 12.1. The molecule has 0 saturated carbocycles. The van der Waals surface area contributed by atoms with Gasteiger partial charge in [-0.1, -0.05) is 17.7 Å². The smallest absolute Gasteiger partial charge is 0.222 e. The molecule has 1 aromatic rings. The molecule has 0 radical (unpaired) electrons. The Kier molecular flexibility index (Phi) is 5.07. The van der Waals surface area contributed by atoms with Gasteiger partial charge >= 0.3 is 0 Å². The molecule has 1 atom stereocenters. The zero-order valence-corrected chi connectivity index (χ0v) is 12.7. The Balaban J connectivity index is 1.87. The van der Waals surface area contributed by atoms with Crippen molar-refractivity contribution in [2.75, 3.05) is 20.2 Å². The number of carbonyl (C=O) groups excluding carboxylic acids is 2. The van der Waals surface area contributed by atoms with Crippen LogP contribution in [0.4, 0.5) is 0 Å². The molecule has 1 aromatic carbocycles. The highest BCUT2D eigenvalue weighted by Gasteiger charge is 2.29. The third-order valence-corrected chi connectivity index (χ3v) is 4.08. The van der Waals surface area contributed by atoms with Crippen LogP contribution >= 0.6 is 11.6 Å². The van der Waals surface area contributed by atoms with Crippen LogP contribution in [-0.2, 0) is 16.0 Å². The molecule has 0 unspecified atom stereocenters. The fourth-order valence-electron chi connectivity index (χ4n) is 2.49. The van der Waals surface area contributed by atoms with Gasteiger partial charge in [-0.2, -0.15) is 0 Å². The Morgan fingerprint density at radius 2 is 2.24 bits per heavy atom. The molecular formula is C15H19ClN2O3. The van der Waals surface area contributed by atoms with Crippen molar-refractivity contribution in [2.45, 2.75) is 19.3 Å². The van der Waals surface area contributed by atoms with Crippen LogP contribution in [0.1, 0.15) is 18.4 Å². The number of amides is 2. The van der Waals surface area contributed by atoms with Gasteiger partial charge in [0.2, 0.25) is 11.8 Å². The molecule has 0 spiro atoms. The lowest BCUT2D eigenvalue weighted by Crippen LogP contribution is -2.31. The lowest BCUT2D eigenvalue weighted by atomic mass is 10.1. The highest BCUT2D eigenvalue weighted by atomic mass is 35.5. The van der Waals surface area contributed by atoms with E-state index in [1.54, 1.807) is 18.1 Å². The number of hydrogen-bond donors (Lipinski definition) is 1. The van der Waals surface area contributed by atoms with E-state index in [0.717, 1.165) is 5.56 Å².